The third-order valence-electron chi connectivity index (χ3n) is 6.84. The fourth-order valence-electron chi connectivity index (χ4n) is 4.67. The maximum atomic E-state index is 14.7. The zero-order valence-electron chi connectivity index (χ0n) is 20.8. The van der Waals surface area contributed by atoms with Crippen LogP contribution in [-0.4, -0.2) is 78.2 Å². The normalized spacial score (nSPS) is 16.3. The number of halogens is 3. The van der Waals surface area contributed by atoms with Crippen molar-refractivity contribution in [1.29, 1.82) is 0 Å². The number of fused-ring (bicyclic) bond motifs is 1. The molecule has 3 heterocycles. The first-order valence-corrected chi connectivity index (χ1v) is 13.2. The molecule has 2 saturated heterocycles. The van der Waals surface area contributed by atoms with Crippen LogP contribution in [0.4, 0.5) is 15.9 Å². The molecule has 38 heavy (non-hydrogen) atoms. The number of nitrogens with zero attached hydrogens (tertiary/aromatic N) is 4. The van der Waals surface area contributed by atoms with E-state index in [1.165, 1.54) is 24.5 Å². The lowest BCUT2D eigenvalue weighted by atomic mass is 9.89. The van der Waals surface area contributed by atoms with E-state index in [0.717, 1.165) is 50.6 Å². The molecule has 0 atom stereocenters. The maximum absolute atomic E-state index is 14.7. The number of carbonyl (C=O) groups is 1. The smallest absolute Gasteiger partial charge is 0.245 e. The summed E-state index contributed by atoms with van der Waals surface area (Å²) in [5.41, 5.74) is 1.74. The van der Waals surface area contributed by atoms with Gasteiger partial charge in [-0.3, -0.25) is 9.69 Å². The molecule has 11 heteroatoms. The predicted molar refractivity (Wildman–Crippen MR) is 146 cm³/mol. The Labute approximate surface area is 230 Å². The third-order valence-corrected chi connectivity index (χ3v) is 7.62. The summed E-state index contributed by atoms with van der Waals surface area (Å²) in [6.45, 7) is 9.56. The van der Waals surface area contributed by atoms with Crippen molar-refractivity contribution in [2.45, 2.75) is 12.3 Å². The molecule has 0 aliphatic carbocycles. The van der Waals surface area contributed by atoms with Crippen LogP contribution in [0.25, 0.3) is 10.9 Å². The van der Waals surface area contributed by atoms with Crippen LogP contribution in [0, 0.1) is 5.82 Å². The molecule has 1 N–H and O–H groups in total. The molecule has 0 bridgehead atoms. The molecular formula is C27H28Cl2FN5O3. The number of likely N-dealkylation sites (tertiary alicyclic amines) is 1. The second-order valence-electron chi connectivity index (χ2n) is 9.28. The molecule has 200 valence electrons. The number of ether oxygens (including phenoxy) is 2. The lowest BCUT2D eigenvalue weighted by Gasteiger charge is -2.39. The number of amides is 1. The minimum Gasteiger partial charge on any atom is -0.493 e. The second kappa shape index (κ2) is 11.8. The SMILES string of the molecule is C=CC(=O)N1CC(c2cc3c(Nc4ccc(Cl)c(Cl)c4F)ncnc3cc2OCCCN2CCOCC2)C1. The van der Waals surface area contributed by atoms with Crippen LogP contribution in [0.1, 0.15) is 17.9 Å². The van der Waals surface area contributed by atoms with E-state index in [4.69, 9.17) is 32.7 Å². The van der Waals surface area contributed by atoms with Gasteiger partial charge in [0.25, 0.3) is 0 Å². The van der Waals surface area contributed by atoms with Crippen molar-refractivity contribution in [3.63, 3.8) is 0 Å². The van der Waals surface area contributed by atoms with Gasteiger partial charge in [-0.25, -0.2) is 14.4 Å². The average molecular weight is 560 g/mol. The number of morpholine rings is 1. The molecule has 2 fully saturated rings. The Morgan fingerprint density at radius 3 is 2.79 bits per heavy atom. The molecule has 2 aliphatic heterocycles. The van der Waals surface area contributed by atoms with Crippen LogP contribution >= 0.6 is 23.2 Å². The van der Waals surface area contributed by atoms with E-state index in [-0.39, 0.29) is 27.6 Å². The van der Waals surface area contributed by atoms with Gasteiger partial charge in [-0.15, -0.1) is 0 Å². The summed E-state index contributed by atoms with van der Waals surface area (Å²) >= 11 is 11.9. The first-order chi connectivity index (χ1) is 18.4. The zero-order chi connectivity index (χ0) is 26.6. The number of hydrogen-bond donors (Lipinski definition) is 1. The van der Waals surface area contributed by atoms with E-state index < -0.39 is 5.82 Å². The summed E-state index contributed by atoms with van der Waals surface area (Å²) in [5, 5.41) is 3.69. The summed E-state index contributed by atoms with van der Waals surface area (Å²) in [5.74, 6) is 0.457. The number of nitrogens with one attached hydrogen (secondary N) is 1. The Kier molecular flexibility index (Phi) is 8.28. The van der Waals surface area contributed by atoms with E-state index >= 15 is 0 Å². The average Bonchev–Trinajstić information content (AvgIpc) is 2.91. The maximum Gasteiger partial charge on any atom is 0.245 e. The van der Waals surface area contributed by atoms with Crippen LogP contribution < -0.4 is 10.1 Å². The van der Waals surface area contributed by atoms with Crippen molar-refractivity contribution < 1.29 is 18.7 Å². The summed E-state index contributed by atoms with van der Waals surface area (Å²) in [6.07, 6.45) is 3.60. The molecule has 0 saturated carbocycles. The van der Waals surface area contributed by atoms with Gasteiger partial charge in [-0.2, -0.15) is 0 Å². The van der Waals surface area contributed by atoms with E-state index in [9.17, 15) is 9.18 Å². The Hall–Kier alpha value is -2.98. The molecule has 8 nitrogen and oxygen atoms in total. The predicted octanol–water partition coefficient (Wildman–Crippen LogP) is 5.03. The molecule has 2 aliphatic rings. The Morgan fingerprint density at radius 2 is 2.03 bits per heavy atom. The van der Waals surface area contributed by atoms with E-state index in [2.05, 4.69) is 26.8 Å². The van der Waals surface area contributed by atoms with Crippen molar-refractivity contribution in [3.05, 3.63) is 64.7 Å². The summed E-state index contributed by atoms with van der Waals surface area (Å²) < 4.78 is 26.4. The van der Waals surface area contributed by atoms with E-state index in [0.29, 0.717) is 36.4 Å². The minimum atomic E-state index is -0.663. The van der Waals surface area contributed by atoms with Crippen LogP contribution in [0.2, 0.25) is 10.0 Å². The first kappa shape index (κ1) is 26.6. The van der Waals surface area contributed by atoms with Gasteiger partial charge in [0.1, 0.15) is 17.9 Å². The molecule has 1 amide bonds. The highest BCUT2D eigenvalue weighted by Crippen LogP contribution is 2.39. The first-order valence-electron chi connectivity index (χ1n) is 12.5. The van der Waals surface area contributed by atoms with Crippen LogP contribution in [-0.2, 0) is 9.53 Å². The van der Waals surface area contributed by atoms with Gasteiger partial charge < -0.3 is 19.7 Å². The van der Waals surface area contributed by atoms with E-state index in [1.54, 1.807) is 4.90 Å². The fraction of sp³-hybridized carbons (Fsp3) is 0.370. The second-order valence-corrected chi connectivity index (χ2v) is 10.1. The molecule has 2 aromatic carbocycles. The quantitative estimate of drug-likeness (QED) is 0.223. The number of carbonyl (C=O) groups excluding carboxylic acids is 1. The third kappa shape index (κ3) is 5.71. The lowest BCUT2D eigenvalue weighted by molar-refractivity contribution is -0.130. The van der Waals surface area contributed by atoms with Gasteiger partial charge in [-0.05, 0) is 30.7 Å². The van der Waals surface area contributed by atoms with Gasteiger partial charge in [0, 0.05) is 55.7 Å². The van der Waals surface area contributed by atoms with Gasteiger partial charge >= 0.3 is 0 Å². The highest BCUT2D eigenvalue weighted by Gasteiger charge is 2.33. The van der Waals surface area contributed by atoms with Crippen molar-refractivity contribution in [3.8, 4) is 5.75 Å². The Bertz CT molecular complexity index is 1350. The number of hydrogen-bond acceptors (Lipinski definition) is 7. The topological polar surface area (TPSA) is 79.8 Å². The summed E-state index contributed by atoms with van der Waals surface area (Å²) in [7, 11) is 0. The van der Waals surface area contributed by atoms with Crippen molar-refractivity contribution >= 4 is 51.5 Å². The summed E-state index contributed by atoms with van der Waals surface area (Å²) in [4.78, 5) is 24.9. The fourth-order valence-corrected chi connectivity index (χ4v) is 4.98. The number of anilines is 2. The van der Waals surface area contributed by atoms with Gasteiger partial charge in [0.15, 0.2) is 5.82 Å². The minimum absolute atomic E-state index is 0.0762. The number of aromatic nitrogens is 2. The highest BCUT2D eigenvalue weighted by molar-refractivity contribution is 6.42. The molecule has 0 unspecified atom stereocenters. The largest absolute Gasteiger partial charge is 0.493 e. The van der Waals surface area contributed by atoms with Crippen LogP contribution in [0.15, 0.2) is 43.2 Å². The monoisotopic (exact) mass is 559 g/mol. The van der Waals surface area contributed by atoms with Gasteiger partial charge in [0.2, 0.25) is 5.91 Å². The van der Waals surface area contributed by atoms with E-state index in [1.807, 2.05) is 12.1 Å². The summed E-state index contributed by atoms with van der Waals surface area (Å²) in [6, 6.07) is 6.88. The number of benzene rings is 2. The van der Waals surface area contributed by atoms with Crippen LogP contribution in [0.5, 0.6) is 5.75 Å². The lowest BCUT2D eigenvalue weighted by Crippen LogP contribution is -2.47. The molecule has 0 spiro atoms. The highest BCUT2D eigenvalue weighted by atomic mass is 35.5. The molecular weight excluding hydrogens is 532 g/mol. The zero-order valence-corrected chi connectivity index (χ0v) is 22.3. The molecule has 3 aromatic rings. The van der Waals surface area contributed by atoms with Crippen molar-refractivity contribution in [2.75, 3.05) is 57.9 Å². The Morgan fingerprint density at radius 1 is 1.24 bits per heavy atom. The molecule has 1 aromatic heterocycles. The molecule has 0 radical (unpaired) electrons. The van der Waals surface area contributed by atoms with Crippen molar-refractivity contribution in [2.24, 2.45) is 0 Å². The standard InChI is InChI=1S/C27H28Cl2FN5O3/c1-2-24(36)35-14-17(15-35)18-12-19-22(13-23(18)38-9-3-6-34-7-10-37-11-8-34)31-16-32-27(19)33-21-5-4-20(28)25(29)26(21)30/h2,4-5,12-13,16-17H,1,3,6-11,14-15H2,(H,31,32,33). The van der Waals surface area contributed by atoms with Gasteiger partial charge in [0.05, 0.1) is 41.1 Å². The van der Waals surface area contributed by atoms with Crippen LogP contribution in [0.3, 0.4) is 0 Å². The van der Waals surface area contributed by atoms with Crippen molar-refractivity contribution in [1.82, 2.24) is 19.8 Å². The Balaban J connectivity index is 1.41. The van der Waals surface area contributed by atoms with Gasteiger partial charge in [-0.1, -0.05) is 29.8 Å². The molecule has 5 rings (SSSR count). The number of rotatable bonds is 9.